The van der Waals surface area contributed by atoms with Crippen molar-refractivity contribution in [1.82, 2.24) is 10.2 Å². The van der Waals surface area contributed by atoms with Gasteiger partial charge in [0.25, 0.3) is 5.91 Å². The van der Waals surface area contributed by atoms with Gasteiger partial charge in [0.05, 0.1) is 7.11 Å². The van der Waals surface area contributed by atoms with E-state index in [1.807, 2.05) is 5.32 Å². The first-order valence-electron chi connectivity index (χ1n) is 9.13. The maximum absolute atomic E-state index is 14.2. The number of halogens is 3. The molecule has 1 aromatic rings. The highest BCUT2D eigenvalue weighted by Crippen LogP contribution is 2.45. The first kappa shape index (κ1) is 22.4. The van der Waals surface area contributed by atoms with Crippen molar-refractivity contribution in [2.24, 2.45) is 0 Å². The van der Waals surface area contributed by atoms with Gasteiger partial charge in [-0.05, 0) is 25.3 Å². The highest BCUT2D eigenvalue weighted by Gasteiger charge is 2.70. The summed E-state index contributed by atoms with van der Waals surface area (Å²) < 4.78 is 47.2. The van der Waals surface area contributed by atoms with Crippen LogP contribution in [-0.2, 0) is 25.5 Å². The minimum absolute atomic E-state index is 0.0249. The van der Waals surface area contributed by atoms with Crippen molar-refractivity contribution in [1.29, 1.82) is 0 Å². The van der Waals surface area contributed by atoms with Crippen LogP contribution in [0.2, 0.25) is 0 Å². The second-order valence-corrected chi connectivity index (χ2v) is 6.69. The van der Waals surface area contributed by atoms with Gasteiger partial charge < -0.3 is 15.0 Å². The number of benzene rings is 1. The quantitative estimate of drug-likeness (QED) is 0.699. The molecule has 0 aliphatic carbocycles. The predicted octanol–water partition coefficient (Wildman–Crippen LogP) is 2.74. The number of amides is 2. The lowest BCUT2D eigenvalue weighted by Crippen LogP contribution is -2.66. The Kier molecular flexibility index (Phi) is 6.71. The molecule has 1 aliphatic heterocycles. The monoisotopic (exact) mass is 412 g/mol. The molecule has 2 rings (SSSR count). The molecule has 0 aromatic heterocycles. The Balaban J connectivity index is 2.42. The molecule has 0 fully saturated rings. The summed E-state index contributed by atoms with van der Waals surface area (Å²) in [5.41, 5.74) is -3.79. The third-order valence-electron chi connectivity index (χ3n) is 4.78. The lowest BCUT2D eigenvalue weighted by Gasteiger charge is -2.33. The molecule has 1 heterocycles. The average molecular weight is 412 g/mol. The van der Waals surface area contributed by atoms with Crippen LogP contribution in [0.1, 0.15) is 32.3 Å². The molecule has 0 saturated heterocycles. The lowest BCUT2D eigenvalue weighted by atomic mass is 9.88. The van der Waals surface area contributed by atoms with E-state index in [4.69, 9.17) is 0 Å². The fraction of sp³-hybridized carbons (Fsp3) is 0.450. The van der Waals surface area contributed by atoms with Gasteiger partial charge in [-0.25, -0.2) is 4.79 Å². The first-order chi connectivity index (χ1) is 13.6. The fourth-order valence-corrected chi connectivity index (χ4v) is 3.39. The summed E-state index contributed by atoms with van der Waals surface area (Å²) in [6, 6.07) is 8.74. The number of aryl methyl sites for hydroxylation is 1. The van der Waals surface area contributed by atoms with Gasteiger partial charge in [-0.15, -0.1) is 0 Å². The van der Waals surface area contributed by atoms with E-state index in [0.29, 0.717) is 6.42 Å². The Morgan fingerprint density at radius 3 is 2.34 bits per heavy atom. The van der Waals surface area contributed by atoms with E-state index in [2.05, 4.69) is 4.74 Å². The Bertz CT molecular complexity index is 821. The number of carbonyl (C=O) groups excluding carboxylic acids is 3. The molecule has 1 atom stereocenters. The van der Waals surface area contributed by atoms with Crippen molar-refractivity contribution in [3.05, 3.63) is 47.2 Å². The molecule has 0 bridgehead atoms. The molecule has 0 radical (unpaired) electrons. The molecule has 0 spiro atoms. The molecule has 9 heteroatoms. The van der Waals surface area contributed by atoms with E-state index >= 15 is 0 Å². The number of nitrogens with one attached hydrogen (secondary N) is 1. The third kappa shape index (κ3) is 4.13. The van der Waals surface area contributed by atoms with Crippen LogP contribution >= 0.6 is 0 Å². The van der Waals surface area contributed by atoms with Gasteiger partial charge in [0.1, 0.15) is 5.57 Å². The molecule has 1 unspecified atom stereocenters. The number of esters is 1. The topological polar surface area (TPSA) is 75.7 Å². The lowest BCUT2D eigenvalue weighted by molar-refractivity contribution is -0.196. The number of nitrogens with zero attached hydrogens (tertiary/aromatic N) is 1. The number of alkyl halides is 3. The average Bonchev–Trinajstić information content (AvgIpc) is 2.89. The molecular formula is C20H23F3N2O4. The minimum atomic E-state index is -5.24. The van der Waals surface area contributed by atoms with Gasteiger partial charge in [-0.1, -0.05) is 37.3 Å². The van der Waals surface area contributed by atoms with E-state index in [9.17, 15) is 27.6 Å². The van der Waals surface area contributed by atoms with Crippen molar-refractivity contribution in [2.45, 2.75) is 44.8 Å². The van der Waals surface area contributed by atoms with Crippen LogP contribution in [0.25, 0.3) is 0 Å². The molecule has 1 aliphatic rings. The number of methoxy groups -OCH3 is 1. The van der Waals surface area contributed by atoms with Gasteiger partial charge in [-0.3, -0.25) is 9.59 Å². The van der Waals surface area contributed by atoms with E-state index in [-0.39, 0.29) is 25.1 Å². The van der Waals surface area contributed by atoms with Crippen LogP contribution in [0, 0.1) is 0 Å². The molecule has 1 N–H and O–H groups in total. The number of ether oxygens (including phenoxy) is 1. The Hall–Kier alpha value is -2.84. The zero-order chi connectivity index (χ0) is 21.8. The van der Waals surface area contributed by atoms with E-state index < -0.39 is 35.1 Å². The highest BCUT2D eigenvalue weighted by molar-refractivity contribution is 6.10. The van der Waals surface area contributed by atoms with Crippen molar-refractivity contribution in [3.8, 4) is 0 Å². The first-order valence-corrected chi connectivity index (χ1v) is 9.13. The Morgan fingerprint density at radius 1 is 1.21 bits per heavy atom. The van der Waals surface area contributed by atoms with Gasteiger partial charge in [0, 0.05) is 18.7 Å². The molecule has 1 aromatic carbocycles. The van der Waals surface area contributed by atoms with Gasteiger partial charge in [-0.2, -0.15) is 13.2 Å². The highest BCUT2D eigenvalue weighted by atomic mass is 19.4. The van der Waals surface area contributed by atoms with Crippen molar-refractivity contribution in [3.63, 3.8) is 0 Å². The summed E-state index contributed by atoms with van der Waals surface area (Å²) in [5, 5.41) is 1.82. The van der Waals surface area contributed by atoms with Crippen LogP contribution in [0.5, 0.6) is 0 Å². The number of carbonyl (C=O) groups is 3. The third-order valence-corrected chi connectivity index (χ3v) is 4.78. The van der Waals surface area contributed by atoms with Gasteiger partial charge in [0.15, 0.2) is 0 Å². The second kappa shape index (κ2) is 8.67. The molecule has 0 saturated carbocycles. The van der Waals surface area contributed by atoms with Crippen molar-refractivity contribution in [2.75, 3.05) is 13.7 Å². The number of hydrogen-bond donors (Lipinski definition) is 1. The summed E-state index contributed by atoms with van der Waals surface area (Å²) in [4.78, 5) is 38.4. The smallest absolute Gasteiger partial charge is 0.425 e. The van der Waals surface area contributed by atoms with Crippen molar-refractivity contribution >= 4 is 17.8 Å². The standard InChI is InChI=1S/C20H23F3N2O4/c1-4-12-25-13(2)16(17(27)29-3)19(18(25)28,20(21,22)23)24-15(26)11-10-14-8-6-5-7-9-14/h5-9H,4,10-12H2,1-3H3,(H,24,26). The normalized spacial score (nSPS) is 19.5. The molecule has 29 heavy (non-hydrogen) atoms. The fourth-order valence-electron chi connectivity index (χ4n) is 3.39. The summed E-state index contributed by atoms with van der Waals surface area (Å²) in [5.74, 6) is -3.71. The predicted molar refractivity (Wildman–Crippen MR) is 98.4 cm³/mol. The molecule has 6 nitrogen and oxygen atoms in total. The van der Waals surface area contributed by atoms with Crippen LogP contribution in [0.4, 0.5) is 13.2 Å². The van der Waals surface area contributed by atoms with Crippen LogP contribution in [0.3, 0.4) is 0 Å². The van der Waals surface area contributed by atoms with E-state index in [0.717, 1.165) is 17.6 Å². The number of allylic oxidation sites excluding steroid dienone is 1. The van der Waals surface area contributed by atoms with Crippen LogP contribution < -0.4 is 5.32 Å². The minimum Gasteiger partial charge on any atom is -0.466 e. The van der Waals surface area contributed by atoms with Crippen LogP contribution in [-0.4, -0.2) is 48.1 Å². The van der Waals surface area contributed by atoms with Crippen molar-refractivity contribution < 1.29 is 32.3 Å². The summed E-state index contributed by atoms with van der Waals surface area (Å²) in [6.07, 6.45) is -4.96. The molecular weight excluding hydrogens is 389 g/mol. The zero-order valence-electron chi connectivity index (χ0n) is 16.4. The Morgan fingerprint density at radius 2 is 1.83 bits per heavy atom. The maximum Gasteiger partial charge on any atom is 0.425 e. The number of rotatable bonds is 7. The van der Waals surface area contributed by atoms with E-state index in [1.165, 1.54) is 6.92 Å². The number of hydrogen-bond acceptors (Lipinski definition) is 4. The van der Waals surface area contributed by atoms with E-state index in [1.54, 1.807) is 37.3 Å². The van der Waals surface area contributed by atoms with Crippen LogP contribution in [0.15, 0.2) is 41.6 Å². The summed E-state index contributed by atoms with van der Waals surface area (Å²) >= 11 is 0. The largest absolute Gasteiger partial charge is 0.466 e. The SMILES string of the molecule is CCCN1C(=O)C(NC(=O)CCc2ccccc2)(C(F)(F)F)C(C(=O)OC)=C1C. The zero-order valence-corrected chi connectivity index (χ0v) is 16.4. The van der Waals surface area contributed by atoms with Gasteiger partial charge >= 0.3 is 12.1 Å². The maximum atomic E-state index is 14.2. The Labute approximate surface area is 166 Å². The summed E-state index contributed by atoms with van der Waals surface area (Å²) in [7, 11) is 0.925. The molecule has 158 valence electrons. The second-order valence-electron chi connectivity index (χ2n) is 6.69. The summed E-state index contributed by atoms with van der Waals surface area (Å²) in [6.45, 7) is 2.90. The van der Waals surface area contributed by atoms with Gasteiger partial charge in [0.2, 0.25) is 11.4 Å². The molecule has 2 amide bonds.